The normalized spacial score (nSPS) is 13.0. The topological polar surface area (TPSA) is 63.2 Å². The molecule has 112 valence electrons. The van der Waals surface area contributed by atoms with Crippen LogP contribution in [0.1, 0.15) is 29.8 Å². The van der Waals surface area contributed by atoms with Crippen molar-refractivity contribution < 1.29 is 13.2 Å². The quantitative estimate of drug-likeness (QED) is 0.832. The zero-order valence-corrected chi connectivity index (χ0v) is 13.5. The number of Topliss-reactive ketones (excluding diaryl/α,β-unsaturated/α-hetero) is 1. The molecule has 0 saturated carbocycles. The maximum absolute atomic E-state index is 12.3. The molecule has 0 amide bonds. The Hall–Kier alpha value is -1.50. The van der Waals surface area contributed by atoms with Crippen molar-refractivity contribution in [2.24, 2.45) is 0 Å². The average Bonchev–Trinajstić information content (AvgIpc) is 2.91. The molecule has 4 nitrogen and oxygen atoms in total. The second kappa shape index (κ2) is 6.51. The number of nitrogens with one attached hydrogen (secondary N) is 1. The molecule has 0 aliphatic rings. The van der Waals surface area contributed by atoms with Crippen LogP contribution in [0.25, 0.3) is 0 Å². The number of carbonyl (C=O) groups is 1. The Balaban J connectivity index is 2.14. The second-order valence-electron chi connectivity index (χ2n) is 4.94. The van der Waals surface area contributed by atoms with Gasteiger partial charge in [-0.3, -0.25) is 4.79 Å². The Morgan fingerprint density at radius 2 is 2.10 bits per heavy atom. The minimum absolute atomic E-state index is 0.118. The number of benzene rings is 1. The summed E-state index contributed by atoms with van der Waals surface area (Å²) in [5, 5.41) is 3.97. The van der Waals surface area contributed by atoms with E-state index in [4.69, 9.17) is 0 Å². The van der Waals surface area contributed by atoms with Gasteiger partial charge in [-0.2, -0.15) is 11.3 Å². The molecule has 1 atom stereocenters. The lowest BCUT2D eigenvalue weighted by Gasteiger charge is -2.14. The predicted octanol–water partition coefficient (Wildman–Crippen LogP) is 2.86. The van der Waals surface area contributed by atoms with Gasteiger partial charge in [0.25, 0.3) is 0 Å². The summed E-state index contributed by atoms with van der Waals surface area (Å²) in [6, 6.07) is 7.84. The minimum atomic E-state index is -3.62. The van der Waals surface area contributed by atoms with E-state index in [2.05, 4.69) is 4.72 Å². The number of ketones is 1. The highest BCUT2D eigenvalue weighted by Crippen LogP contribution is 2.14. The molecular weight excluding hydrogens is 306 g/mol. The summed E-state index contributed by atoms with van der Waals surface area (Å²) < 4.78 is 27.3. The maximum Gasteiger partial charge on any atom is 0.240 e. The van der Waals surface area contributed by atoms with Gasteiger partial charge in [-0.05, 0) is 54.8 Å². The Labute approximate surface area is 128 Å². The number of sulfonamides is 1. The largest absolute Gasteiger partial charge is 0.295 e. The number of hydrogen-bond acceptors (Lipinski definition) is 4. The van der Waals surface area contributed by atoms with E-state index in [-0.39, 0.29) is 16.7 Å². The van der Waals surface area contributed by atoms with Crippen molar-refractivity contribution in [1.82, 2.24) is 4.72 Å². The van der Waals surface area contributed by atoms with Crippen LogP contribution in [0.3, 0.4) is 0 Å². The molecule has 1 aromatic carbocycles. The van der Waals surface area contributed by atoms with Crippen LogP contribution < -0.4 is 4.72 Å². The van der Waals surface area contributed by atoms with E-state index in [1.807, 2.05) is 23.8 Å². The monoisotopic (exact) mass is 323 g/mol. The third kappa shape index (κ3) is 4.23. The van der Waals surface area contributed by atoms with E-state index in [0.29, 0.717) is 12.0 Å². The van der Waals surface area contributed by atoms with Gasteiger partial charge in [0, 0.05) is 11.6 Å². The molecule has 0 aliphatic carbocycles. The molecule has 0 fully saturated rings. The summed E-state index contributed by atoms with van der Waals surface area (Å²) in [7, 11) is -3.62. The van der Waals surface area contributed by atoms with Gasteiger partial charge >= 0.3 is 0 Å². The fraction of sp³-hybridized carbons (Fsp3) is 0.267. The highest BCUT2D eigenvalue weighted by atomic mass is 32.2. The molecule has 1 unspecified atom stereocenters. The van der Waals surface area contributed by atoms with E-state index in [0.717, 1.165) is 5.56 Å². The molecule has 6 heteroatoms. The highest BCUT2D eigenvalue weighted by molar-refractivity contribution is 7.89. The maximum atomic E-state index is 12.3. The van der Waals surface area contributed by atoms with Crippen molar-refractivity contribution in [2.75, 3.05) is 0 Å². The molecule has 1 heterocycles. The first-order chi connectivity index (χ1) is 9.88. The summed E-state index contributed by atoms with van der Waals surface area (Å²) in [5.41, 5.74) is 1.50. The number of carbonyl (C=O) groups excluding carboxylic acids is 1. The van der Waals surface area contributed by atoms with Gasteiger partial charge < -0.3 is 0 Å². The Bertz CT molecular complexity index is 721. The summed E-state index contributed by atoms with van der Waals surface area (Å²) in [5.74, 6) is -0.154. The molecule has 21 heavy (non-hydrogen) atoms. The third-order valence-corrected chi connectivity index (χ3v) is 5.35. The predicted molar refractivity (Wildman–Crippen MR) is 84.3 cm³/mol. The van der Waals surface area contributed by atoms with E-state index in [9.17, 15) is 13.2 Å². The van der Waals surface area contributed by atoms with Crippen LogP contribution in [-0.4, -0.2) is 20.2 Å². The molecule has 2 aromatic rings. The number of rotatable bonds is 6. The van der Waals surface area contributed by atoms with Crippen molar-refractivity contribution in [2.45, 2.75) is 31.2 Å². The highest BCUT2D eigenvalue weighted by Gasteiger charge is 2.18. The molecule has 1 aromatic heterocycles. The Morgan fingerprint density at radius 1 is 1.33 bits per heavy atom. The first kappa shape index (κ1) is 15.9. The molecule has 0 radical (unpaired) electrons. The van der Waals surface area contributed by atoms with Gasteiger partial charge in [0.05, 0.1) is 4.90 Å². The van der Waals surface area contributed by atoms with Gasteiger partial charge in [0.1, 0.15) is 0 Å². The first-order valence-electron chi connectivity index (χ1n) is 6.53. The van der Waals surface area contributed by atoms with Crippen LogP contribution in [-0.2, 0) is 16.4 Å². The van der Waals surface area contributed by atoms with Gasteiger partial charge in [-0.15, -0.1) is 0 Å². The standard InChI is InChI=1S/C15H17NO3S2/c1-11(8-13-6-7-20-10-13)16-21(18,19)15-5-3-4-14(9-15)12(2)17/h3-7,9-11,16H,8H2,1-2H3. The fourth-order valence-electron chi connectivity index (χ4n) is 2.02. The molecule has 1 N–H and O–H groups in total. The Morgan fingerprint density at radius 3 is 2.71 bits per heavy atom. The van der Waals surface area contributed by atoms with E-state index in [1.54, 1.807) is 23.5 Å². The van der Waals surface area contributed by atoms with Crippen molar-refractivity contribution in [3.8, 4) is 0 Å². The zero-order valence-electron chi connectivity index (χ0n) is 11.9. The zero-order chi connectivity index (χ0) is 15.5. The average molecular weight is 323 g/mol. The van der Waals surface area contributed by atoms with Crippen molar-refractivity contribution in [3.63, 3.8) is 0 Å². The summed E-state index contributed by atoms with van der Waals surface area (Å²) in [6.45, 7) is 3.24. The summed E-state index contributed by atoms with van der Waals surface area (Å²) in [6.07, 6.45) is 0.634. The van der Waals surface area contributed by atoms with Crippen LogP contribution >= 0.6 is 11.3 Å². The summed E-state index contributed by atoms with van der Waals surface area (Å²) >= 11 is 1.59. The molecular formula is C15H17NO3S2. The number of hydrogen-bond donors (Lipinski definition) is 1. The van der Waals surface area contributed by atoms with E-state index < -0.39 is 10.0 Å². The van der Waals surface area contributed by atoms with Gasteiger partial charge in [0.15, 0.2) is 5.78 Å². The SMILES string of the molecule is CC(=O)c1cccc(S(=O)(=O)NC(C)Cc2ccsc2)c1. The van der Waals surface area contributed by atoms with Crippen LogP contribution in [0.15, 0.2) is 46.0 Å². The Kier molecular flexibility index (Phi) is 4.92. The van der Waals surface area contributed by atoms with Crippen LogP contribution in [0, 0.1) is 0 Å². The van der Waals surface area contributed by atoms with E-state index >= 15 is 0 Å². The van der Waals surface area contributed by atoms with Crippen LogP contribution in [0.4, 0.5) is 0 Å². The van der Waals surface area contributed by atoms with Gasteiger partial charge in [-0.25, -0.2) is 13.1 Å². The smallest absolute Gasteiger partial charge is 0.240 e. The molecule has 0 spiro atoms. The second-order valence-corrected chi connectivity index (χ2v) is 7.44. The van der Waals surface area contributed by atoms with Crippen molar-refractivity contribution >= 4 is 27.1 Å². The van der Waals surface area contributed by atoms with Gasteiger partial charge in [0.2, 0.25) is 10.0 Å². The first-order valence-corrected chi connectivity index (χ1v) is 8.95. The van der Waals surface area contributed by atoms with E-state index in [1.165, 1.54) is 19.1 Å². The third-order valence-electron chi connectivity index (χ3n) is 3.03. The van der Waals surface area contributed by atoms with Crippen molar-refractivity contribution in [1.29, 1.82) is 0 Å². The minimum Gasteiger partial charge on any atom is -0.295 e. The molecule has 2 rings (SSSR count). The van der Waals surface area contributed by atoms with Gasteiger partial charge in [-0.1, -0.05) is 12.1 Å². The van der Waals surface area contributed by atoms with Crippen molar-refractivity contribution in [3.05, 3.63) is 52.2 Å². The molecule has 0 saturated heterocycles. The lowest BCUT2D eigenvalue weighted by atomic mass is 10.1. The van der Waals surface area contributed by atoms with Crippen LogP contribution in [0.2, 0.25) is 0 Å². The lowest BCUT2D eigenvalue weighted by Crippen LogP contribution is -2.34. The molecule has 0 bridgehead atoms. The number of thiophene rings is 1. The lowest BCUT2D eigenvalue weighted by molar-refractivity contribution is 0.101. The summed E-state index contributed by atoms with van der Waals surface area (Å²) in [4.78, 5) is 11.5. The van der Waals surface area contributed by atoms with Crippen LogP contribution in [0.5, 0.6) is 0 Å². The fourth-order valence-corrected chi connectivity index (χ4v) is 3.99. The molecule has 0 aliphatic heterocycles.